The monoisotopic (exact) mass is 255 g/mol. The summed E-state index contributed by atoms with van der Waals surface area (Å²) >= 11 is 0. The number of hydrogen-bond acceptors (Lipinski definition) is 4. The maximum absolute atomic E-state index is 12.8. The van der Waals surface area contributed by atoms with E-state index in [-0.39, 0.29) is 5.82 Å². The van der Waals surface area contributed by atoms with E-state index in [9.17, 15) is 4.39 Å². The number of benzene rings is 2. The molecule has 0 saturated heterocycles. The Morgan fingerprint density at radius 1 is 1.00 bits per heavy atom. The highest BCUT2D eigenvalue weighted by Crippen LogP contribution is 2.23. The molecule has 3 aromatic rings. The number of halogens is 1. The molecule has 0 spiro atoms. The fourth-order valence-electron chi connectivity index (χ4n) is 1.73. The number of nitrogens with zero attached hydrogens (tertiary/aromatic N) is 2. The molecule has 0 fully saturated rings. The fourth-order valence-corrected chi connectivity index (χ4v) is 1.73. The molecule has 0 unspecified atom stereocenters. The van der Waals surface area contributed by atoms with Gasteiger partial charge >= 0.3 is 0 Å². The lowest BCUT2D eigenvalue weighted by atomic mass is 10.2. The molecule has 0 atom stereocenters. The molecule has 0 aliphatic carbocycles. The van der Waals surface area contributed by atoms with Gasteiger partial charge in [-0.2, -0.15) is 4.98 Å². The molecule has 94 valence electrons. The van der Waals surface area contributed by atoms with Gasteiger partial charge in [-0.25, -0.2) is 4.39 Å². The molecule has 1 aromatic heterocycles. The number of aromatic nitrogens is 2. The molecule has 2 aromatic carbocycles. The highest BCUT2D eigenvalue weighted by atomic mass is 19.1. The van der Waals surface area contributed by atoms with Crippen LogP contribution >= 0.6 is 0 Å². The predicted molar refractivity (Wildman–Crippen MR) is 69.5 cm³/mol. The van der Waals surface area contributed by atoms with Crippen LogP contribution in [0.15, 0.2) is 53.1 Å². The van der Waals surface area contributed by atoms with E-state index in [1.54, 1.807) is 24.3 Å². The Hall–Kier alpha value is -2.69. The first-order chi connectivity index (χ1) is 9.22. The predicted octanol–water partition coefficient (Wildman–Crippen LogP) is 3.12. The van der Waals surface area contributed by atoms with E-state index in [1.807, 2.05) is 12.1 Å². The van der Waals surface area contributed by atoms with Gasteiger partial charge in [0.1, 0.15) is 5.82 Å². The number of rotatable bonds is 2. The third-order valence-electron chi connectivity index (χ3n) is 2.66. The van der Waals surface area contributed by atoms with Gasteiger partial charge in [0.15, 0.2) is 0 Å². The molecule has 0 saturated carbocycles. The van der Waals surface area contributed by atoms with Gasteiger partial charge in [-0.1, -0.05) is 11.2 Å². The van der Waals surface area contributed by atoms with Crippen LogP contribution in [0.5, 0.6) is 0 Å². The lowest BCUT2D eigenvalue weighted by molar-refractivity contribution is 0.432. The van der Waals surface area contributed by atoms with Crippen molar-refractivity contribution in [2.45, 2.75) is 0 Å². The van der Waals surface area contributed by atoms with E-state index >= 15 is 0 Å². The minimum atomic E-state index is -0.302. The Morgan fingerprint density at radius 3 is 2.53 bits per heavy atom. The van der Waals surface area contributed by atoms with Crippen LogP contribution < -0.4 is 5.73 Å². The molecule has 1 heterocycles. The topological polar surface area (TPSA) is 64.9 Å². The maximum Gasteiger partial charge on any atom is 0.258 e. The van der Waals surface area contributed by atoms with Gasteiger partial charge in [-0.05, 0) is 42.5 Å². The molecule has 4 nitrogen and oxygen atoms in total. The molecule has 19 heavy (non-hydrogen) atoms. The van der Waals surface area contributed by atoms with E-state index in [4.69, 9.17) is 10.3 Å². The molecular formula is C14H10FN3O. The van der Waals surface area contributed by atoms with Crippen molar-refractivity contribution in [3.63, 3.8) is 0 Å². The Bertz CT molecular complexity index is 707. The summed E-state index contributed by atoms with van der Waals surface area (Å²) in [5, 5.41) is 3.87. The van der Waals surface area contributed by atoms with Crippen LogP contribution in [-0.4, -0.2) is 10.1 Å². The van der Waals surface area contributed by atoms with Crippen LogP contribution in [0.25, 0.3) is 22.8 Å². The average molecular weight is 255 g/mol. The van der Waals surface area contributed by atoms with Crippen molar-refractivity contribution >= 4 is 5.69 Å². The lowest BCUT2D eigenvalue weighted by Crippen LogP contribution is -1.85. The van der Waals surface area contributed by atoms with Crippen LogP contribution in [0, 0.1) is 5.82 Å². The number of nitrogen functional groups attached to an aromatic ring is 1. The van der Waals surface area contributed by atoms with E-state index in [0.717, 1.165) is 5.56 Å². The summed E-state index contributed by atoms with van der Waals surface area (Å²) in [5.74, 6) is 0.493. The van der Waals surface area contributed by atoms with E-state index in [0.29, 0.717) is 23.0 Å². The summed E-state index contributed by atoms with van der Waals surface area (Å²) in [6.45, 7) is 0. The van der Waals surface area contributed by atoms with E-state index in [2.05, 4.69) is 10.1 Å². The van der Waals surface area contributed by atoms with Gasteiger partial charge in [-0.15, -0.1) is 0 Å². The zero-order valence-corrected chi connectivity index (χ0v) is 9.88. The molecule has 0 radical (unpaired) electrons. The van der Waals surface area contributed by atoms with Crippen molar-refractivity contribution < 1.29 is 8.91 Å². The Labute approximate surface area is 108 Å². The van der Waals surface area contributed by atoms with Gasteiger partial charge in [0.2, 0.25) is 5.82 Å². The van der Waals surface area contributed by atoms with Crippen LogP contribution in [0.3, 0.4) is 0 Å². The van der Waals surface area contributed by atoms with Gasteiger partial charge in [0.25, 0.3) is 5.89 Å². The van der Waals surface area contributed by atoms with Crippen molar-refractivity contribution in [2.24, 2.45) is 0 Å². The first-order valence-electron chi connectivity index (χ1n) is 5.68. The average Bonchev–Trinajstić information content (AvgIpc) is 2.89. The zero-order chi connectivity index (χ0) is 13.2. The molecule has 0 amide bonds. The zero-order valence-electron chi connectivity index (χ0n) is 9.88. The molecule has 3 rings (SSSR count). The van der Waals surface area contributed by atoms with Crippen molar-refractivity contribution in [1.82, 2.24) is 10.1 Å². The van der Waals surface area contributed by atoms with Gasteiger partial charge < -0.3 is 10.3 Å². The minimum Gasteiger partial charge on any atom is -0.399 e. The van der Waals surface area contributed by atoms with Crippen LogP contribution in [0.1, 0.15) is 0 Å². The molecule has 0 aliphatic rings. The largest absolute Gasteiger partial charge is 0.399 e. The van der Waals surface area contributed by atoms with Crippen molar-refractivity contribution in [2.75, 3.05) is 5.73 Å². The lowest BCUT2D eigenvalue weighted by Gasteiger charge is -1.95. The highest BCUT2D eigenvalue weighted by molar-refractivity contribution is 5.62. The standard InChI is InChI=1S/C14H10FN3O/c15-11-6-4-9(5-7-11)13-17-14(19-18-13)10-2-1-3-12(16)8-10/h1-8H,16H2. The smallest absolute Gasteiger partial charge is 0.258 e. The molecule has 5 heteroatoms. The number of anilines is 1. The third-order valence-corrected chi connectivity index (χ3v) is 2.66. The second kappa shape index (κ2) is 4.53. The summed E-state index contributed by atoms with van der Waals surface area (Å²) in [7, 11) is 0. The van der Waals surface area contributed by atoms with Gasteiger partial charge in [0, 0.05) is 16.8 Å². The fraction of sp³-hybridized carbons (Fsp3) is 0. The second-order valence-corrected chi connectivity index (χ2v) is 4.06. The molecule has 2 N–H and O–H groups in total. The third kappa shape index (κ3) is 2.30. The first-order valence-corrected chi connectivity index (χ1v) is 5.68. The van der Waals surface area contributed by atoms with Crippen molar-refractivity contribution in [1.29, 1.82) is 0 Å². The van der Waals surface area contributed by atoms with E-state index in [1.165, 1.54) is 12.1 Å². The maximum atomic E-state index is 12.8. The summed E-state index contributed by atoms with van der Waals surface area (Å²) < 4.78 is 18.0. The Balaban J connectivity index is 1.97. The summed E-state index contributed by atoms with van der Waals surface area (Å²) in [5.41, 5.74) is 7.77. The summed E-state index contributed by atoms with van der Waals surface area (Å²) in [4.78, 5) is 4.27. The highest BCUT2D eigenvalue weighted by Gasteiger charge is 2.10. The van der Waals surface area contributed by atoms with Crippen LogP contribution in [0.4, 0.5) is 10.1 Å². The second-order valence-electron chi connectivity index (χ2n) is 4.06. The van der Waals surface area contributed by atoms with Crippen LogP contribution in [0.2, 0.25) is 0 Å². The summed E-state index contributed by atoms with van der Waals surface area (Å²) in [6.07, 6.45) is 0. The molecular weight excluding hydrogens is 245 g/mol. The SMILES string of the molecule is Nc1cccc(-c2nc(-c3ccc(F)cc3)no2)c1. The number of hydrogen-bond donors (Lipinski definition) is 1. The summed E-state index contributed by atoms with van der Waals surface area (Å²) in [6, 6.07) is 13.1. The van der Waals surface area contributed by atoms with E-state index < -0.39 is 0 Å². The van der Waals surface area contributed by atoms with Gasteiger partial charge in [0.05, 0.1) is 0 Å². The van der Waals surface area contributed by atoms with Crippen molar-refractivity contribution in [3.8, 4) is 22.8 Å². The molecule has 0 aliphatic heterocycles. The Kier molecular flexibility index (Phi) is 2.72. The quantitative estimate of drug-likeness (QED) is 0.714. The van der Waals surface area contributed by atoms with Gasteiger partial charge in [-0.3, -0.25) is 0 Å². The van der Waals surface area contributed by atoms with Crippen molar-refractivity contribution in [3.05, 3.63) is 54.3 Å². The molecule has 0 bridgehead atoms. The first kappa shape index (κ1) is 11.4. The number of nitrogens with two attached hydrogens (primary N) is 1. The minimum absolute atomic E-state index is 0.302. The Morgan fingerprint density at radius 2 is 1.79 bits per heavy atom. The van der Waals surface area contributed by atoms with Crippen LogP contribution in [-0.2, 0) is 0 Å². The normalized spacial score (nSPS) is 10.6.